The molecule has 9 heteroatoms. The number of hydrogen-bond donors (Lipinski definition) is 1. The molecule has 1 aromatic carbocycles. The van der Waals surface area contributed by atoms with Gasteiger partial charge in [-0.25, -0.2) is 15.0 Å². The van der Waals surface area contributed by atoms with Gasteiger partial charge in [-0.15, -0.1) is 11.3 Å². The molecule has 0 aliphatic heterocycles. The quantitative estimate of drug-likeness (QED) is 0.231. The van der Waals surface area contributed by atoms with E-state index in [2.05, 4.69) is 44.5 Å². The van der Waals surface area contributed by atoms with Gasteiger partial charge >= 0.3 is 6.18 Å². The lowest BCUT2D eigenvalue weighted by Gasteiger charge is -2.30. The van der Waals surface area contributed by atoms with Gasteiger partial charge < -0.3 is 9.73 Å². The Morgan fingerprint density at radius 1 is 1.06 bits per heavy atom. The number of aryl methyl sites for hydroxylation is 1. The number of benzene rings is 1. The summed E-state index contributed by atoms with van der Waals surface area (Å²) in [6.07, 6.45) is 8.61. The number of aromatic nitrogens is 3. The minimum Gasteiger partial charge on any atom is -0.445 e. The van der Waals surface area contributed by atoms with Crippen molar-refractivity contribution < 1.29 is 17.6 Å². The standard InChI is InChI=1S/C27H29F3N4OS/c28-27(29,30)16-22-15-23-24(32-17-33-26(23)36-22)34-21-7-3-6-19(14-21)5-2-1-4-18-8-10-20(11-9-18)25-31-12-13-35-25/h8-13,15,17,19,21H,1-7,14,16H2,(H,32,33,34)/t19-,21+/m0/s1. The van der Waals surface area contributed by atoms with Crippen molar-refractivity contribution in [3.05, 3.63) is 59.6 Å². The first kappa shape index (κ1) is 24.7. The third-order valence-electron chi connectivity index (χ3n) is 6.84. The number of anilines is 1. The average molecular weight is 515 g/mol. The van der Waals surface area contributed by atoms with Crippen LogP contribution in [0.3, 0.4) is 0 Å². The second-order valence-corrected chi connectivity index (χ2v) is 10.7. The molecule has 1 aliphatic carbocycles. The van der Waals surface area contributed by atoms with Crippen molar-refractivity contribution in [2.75, 3.05) is 5.32 Å². The number of thiophene rings is 1. The lowest BCUT2D eigenvalue weighted by atomic mass is 9.82. The SMILES string of the molecule is FC(F)(F)Cc1cc2c(N[C@@H]3CCC[C@H](CCCCc4ccc(-c5ncco5)cc4)C3)ncnc2s1. The topological polar surface area (TPSA) is 63.8 Å². The molecule has 36 heavy (non-hydrogen) atoms. The summed E-state index contributed by atoms with van der Waals surface area (Å²) < 4.78 is 43.8. The van der Waals surface area contributed by atoms with Crippen LogP contribution in [0.1, 0.15) is 55.4 Å². The van der Waals surface area contributed by atoms with Crippen LogP contribution in [0.25, 0.3) is 21.7 Å². The Morgan fingerprint density at radius 2 is 1.92 bits per heavy atom. The average Bonchev–Trinajstić information content (AvgIpc) is 3.52. The van der Waals surface area contributed by atoms with Crippen LogP contribution in [0.15, 0.2) is 53.5 Å². The summed E-state index contributed by atoms with van der Waals surface area (Å²) in [5.74, 6) is 1.96. The Bertz CT molecular complexity index is 1250. The van der Waals surface area contributed by atoms with Crippen molar-refractivity contribution in [3.63, 3.8) is 0 Å². The molecule has 0 amide bonds. The molecule has 5 nitrogen and oxygen atoms in total. The summed E-state index contributed by atoms with van der Waals surface area (Å²) in [6, 6.07) is 10.3. The van der Waals surface area contributed by atoms with Crippen LogP contribution in [-0.2, 0) is 12.8 Å². The van der Waals surface area contributed by atoms with Gasteiger partial charge in [-0.2, -0.15) is 13.2 Å². The second kappa shape index (κ2) is 11.0. The molecule has 0 unspecified atom stereocenters. The number of alkyl halides is 3. The van der Waals surface area contributed by atoms with Crippen LogP contribution in [0.5, 0.6) is 0 Å². The zero-order chi connectivity index (χ0) is 25.0. The fourth-order valence-electron chi connectivity index (χ4n) is 5.12. The molecular formula is C27H29F3N4OS. The largest absolute Gasteiger partial charge is 0.445 e. The van der Waals surface area contributed by atoms with E-state index in [1.54, 1.807) is 18.5 Å². The van der Waals surface area contributed by atoms with Gasteiger partial charge in [0.2, 0.25) is 5.89 Å². The molecule has 3 aromatic heterocycles. The van der Waals surface area contributed by atoms with Crippen molar-refractivity contribution in [2.24, 2.45) is 5.92 Å². The van der Waals surface area contributed by atoms with Gasteiger partial charge in [-0.3, -0.25) is 0 Å². The summed E-state index contributed by atoms with van der Waals surface area (Å²) >= 11 is 1.09. The molecule has 5 rings (SSSR count). The van der Waals surface area contributed by atoms with Gasteiger partial charge in [0.05, 0.1) is 18.0 Å². The summed E-state index contributed by atoms with van der Waals surface area (Å²) in [6.45, 7) is 0. The molecule has 4 aromatic rings. The first-order valence-electron chi connectivity index (χ1n) is 12.5. The highest BCUT2D eigenvalue weighted by atomic mass is 32.1. The molecule has 1 N–H and O–H groups in total. The molecule has 1 aliphatic rings. The third-order valence-corrected chi connectivity index (χ3v) is 7.88. The van der Waals surface area contributed by atoms with E-state index in [-0.39, 0.29) is 10.9 Å². The van der Waals surface area contributed by atoms with E-state index in [1.165, 1.54) is 31.2 Å². The molecule has 1 saturated carbocycles. The molecule has 1 fully saturated rings. The van der Waals surface area contributed by atoms with Gasteiger partial charge in [0.25, 0.3) is 0 Å². The van der Waals surface area contributed by atoms with E-state index >= 15 is 0 Å². The molecule has 0 saturated heterocycles. The van der Waals surface area contributed by atoms with E-state index in [0.29, 0.717) is 27.8 Å². The van der Waals surface area contributed by atoms with Crippen LogP contribution >= 0.6 is 11.3 Å². The van der Waals surface area contributed by atoms with Crippen molar-refractivity contribution in [2.45, 2.75) is 70.0 Å². The smallest absolute Gasteiger partial charge is 0.393 e. The lowest BCUT2D eigenvalue weighted by molar-refractivity contribution is -0.126. The summed E-state index contributed by atoms with van der Waals surface area (Å²) in [5, 5.41) is 4.22. The Morgan fingerprint density at radius 3 is 2.69 bits per heavy atom. The molecule has 0 spiro atoms. The minimum atomic E-state index is -4.22. The number of nitrogens with one attached hydrogen (secondary N) is 1. The summed E-state index contributed by atoms with van der Waals surface area (Å²) in [5.41, 5.74) is 2.31. The van der Waals surface area contributed by atoms with Gasteiger partial charge in [-0.1, -0.05) is 37.8 Å². The molecule has 3 heterocycles. The highest BCUT2D eigenvalue weighted by molar-refractivity contribution is 7.18. The van der Waals surface area contributed by atoms with Crippen LogP contribution < -0.4 is 5.32 Å². The van der Waals surface area contributed by atoms with Crippen molar-refractivity contribution in [3.8, 4) is 11.5 Å². The fraction of sp³-hybridized carbons (Fsp3) is 0.444. The van der Waals surface area contributed by atoms with Crippen LogP contribution in [0, 0.1) is 5.92 Å². The number of fused-ring (bicyclic) bond motifs is 1. The first-order valence-corrected chi connectivity index (χ1v) is 13.3. The minimum absolute atomic E-state index is 0.273. The highest BCUT2D eigenvalue weighted by Gasteiger charge is 2.29. The Balaban J connectivity index is 1.10. The van der Waals surface area contributed by atoms with Crippen molar-refractivity contribution >= 4 is 27.4 Å². The second-order valence-electron chi connectivity index (χ2n) is 9.60. The Hall–Kier alpha value is -2.94. The number of nitrogens with zero attached hydrogens (tertiary/aromatic N) is 3. The predicted molar refractivity (Wildman–Crippen MR) is 136 cm³/mol. The molecule has 0 bridgehead atoms. The fourth-order valence-corrected chi connectivity index (χ4v) is 6.15. The monoisotopic (exact) mass is 514 g/mol. The number of rotatable bonds is 9. The normalized spacial score (nSPS) is 18.5. The zero-order valence-corrected chi connectivity index (χ0v) is 20.7. The number of hydrogen-bond acceptors (Lipinski definition) is 6. The Kier molecular flexibility index (Phi) is 7.55. The summed E-state index contributed by atoms with van der Waals surface area (Å²) in [4.78, 5) is 13.6. The van der Waals surface area contributed by atoms with E-state index in [1.807, 2.05) is 0 Å². The van der Waals surface area contributed by atoms with E-state index in [0.717, 1.165) is 49.0 Å². The van der Waals surface area contributed by atoms with Crippen LogP contribution in [-0.4, -0.2) is 27.2 Å². The van der Waals surface area contributed by atoms with Crippen LogP contribution in [0.4, 0.5) is 19.0 Å². The molecule has 0 radical (unpaired) electrons. The molecule has 190 valence electrons. The predicted octanol–water partition coefficient (Wildman–Crippen LogP) is 7.83. The number of halogens is 3. The van der Waals surface area contributed by atoms with Gasteiger partial charge in [0.1, 0.15) is 23.2 Å². The van der Waals surface area contributed by atoms with Crippen molar-refractivity contribution in [1.82, 2.24) is 15.0 Å². The third kappa shape index (κ3) is 6.43. The van der Waals surface area contributed by atoms with Crippen molar-refractivity contribution in [1.29, 1.82) is 0 Å². The maximum atomic E-state index is 12.8. The number of unbranched alkanes of at least 4 members (excludes halogenated alkanes) is 1. The van der Waals surface area contributed by atoms with Gasteiger partial charge in [0.15, 0.2) is 0 Å². The first-order chi connectivity index (χ1) is 17.4. The van der Waals surface area contributed by atoms with Gasteiger partial charge in [-0.05, 0) is 55.4 Å². The van der Waals surface area contributed by atoms with E-state index < -0.39 is 12.6 Å². The van der Waals surface area contributed by atoms with Gasteiger partial charge in [0, 0.05) is 16.5 Å². The maximum Gasteiger partial charge on any atom is 0.393 e. The Labute approximate surface area is 212 Å². The van der Waals surface area contributed by atoms with Crippen LogP contribution in [0.2, 0.25) is 0 Å². The summed E-state index contributed by atoms with van der Waals surface area (Å²) in [7, 11) is 0. The van der Waals surface area contributed by atoms with E-state index in [4.69, 9.17) is 4.42 Å². The lowest BCUT2D eigenvalue weighted by Crippen LogP contribution is -2.27. The number of oxazole rings is 1. The highest BCUT2D eigenvalue weighted by Crippen LogP contribution is 2.35. The zero-order valence-electron chi connectivity index (χ0n) is 19.9. The van der Waals surface area contributed by atoms with E-state index in [9.17, 15) is 13.2 Å². The molecule has 2 atom stereocenters. The molecular weight excluding hydrogens is 485 g/mol. The maximum absolute atomic E-state index is 12.8.